The van der Waals surface area contributed by atoms with Gasteiger partial charge < -0.3 is 21.1 Å². The molecular weight excluding hydrogens is 306 g/mol. The van der Waals surface area contributed by atoms with E-state index in [0.29, 0.717) is 13.0 Å². The lowest BCUT2D eigenvalue weighted by atomic mass is 9.54. The number of hydrogen-bond donors (Lipinski definition) is 3. The van der Waals surface area contributed by atoms with Crippen molar-refractivity contribution in [2.45, 2.75) is 45.3 Å². The second-order valence-electron chi connectivity index (χ2n) is 6.76. The van der Waals surface area contributed by atoms with E-state index >= 15 is 0 Å². The summed E-state index contributed by atoms with van der Waals surface area (Å²) in [6.45, 7) is 6.67. The lowest BCUT2D eigenvalue weighted by Gasteiger charge is -2.57. The Bertz CT molecular complexity index is 588. The van der Waals surface area contributed by atoms with Gasteiger partial charge in [0.15, 0.2) is 0 Å². The van der Waals surface area contributed by atoms with Gasteiger partial charge in [-0.3, -0.25) is 9.59 Å². The van der Waals surface area contributed by atoms with Gasteiger partial charge in [0, 0.05) is 37.1 Å². The van der Waals surface area contributed by atoms with Gasteiger partial charge in [-0.1, -0.05) is 32.0 Å². The Morgan fingerprint density at radius 2 is 1.96 bits per heavy atom. The van der Waals surface area contributed by atoms with Crippen molar-refractivity contribution in [3.63, 3.8) is 0 Å². The van der Waals surface area contributed by atoms with Crippen LogP contribution in [0.2, 0.25) is 0 Å². The molecule has 0 radical (unpaired) electrons. The van der Waals surface area contributed by atoms with Crippen molar-refractivity contribution in [1.29, 1.82) is 0 Å². The third-order valence-corrected chi connectivity index (χ3v) is 4.93. The van der Waals surface area contributed by atoms with Gasteiger partial charge in [-0.25, -0.2) is 0 Å². The van der Waals surface area contributed by atoms with E-state index in [1.54, 1.807) is 0 Å². The van der Waals surface area contributed by atoms with Crippen LogP contribution in [0.5, 0.6) is 0 Å². The monoisotopic (exact) mass is 333 g/mol. The number of carbonyl (C=O) groups excluding carboxylic acids is 2. The number of amides is 2. The van der Waals surface area contributed by atoms with E-state index in [4.69, 9.17) is 10.5 Å². The number of para-hydroxylation sites is 1. The fourth-order valence-corrected chi connectivity index (χ4v) is 3.01. The summed E-state index contributed by atoms with van der Waals surface area (Å²) < 4.78 is 5.62. The van der Waals surface area contributed by atoms with Crippen molar-refractivity contribution in [3.05, 3.63) is 30.3 Å². The van der Waals surface area contributed by atoms with Crippen LogP contribution in [0, 0.1) is 5.41 Å². The number of carbonyl (C=O) groups is 2. The van der Waals surface area contributed by atoms with E-state index in [9.17, 15) is 9.59 Å². The minimum Gasteiger partial charge on any atom is -0.378 e. The van der Waals surface area contributed by atoms with Crippen LogP contribution in [0.4, 0.5) is 5.69 Å². The predicted molar refractivity (Wildman–Crippen MR) is 93.4 cm³/mol. The molecule has 2 rings (SSSR count). The first-order chi connectivity index (χ1) is 11.3. The van der Waals surface area contributed by atoms with E-state index < -0.39 is 11.0 Å². The number of hydrogen-bond acceptors (Lipinski definition) is 4. The maximum Gasteiger partial charge on any atom is 0.240 e. The zero-order valence-electron chi connectivity index (χ0n) is 14.6. The molecule has 1 aromatic rings. The van der Waals surface area contributed by atoms with Crippen LogP contribution in [0.1, 0.15) is 33.6 Å². The van der Waals surface area contributed by atoms with Crippen LogP contribution in [0.25, 0.3) is 0 Å². The number of nitrogens with two attached hydrogens (primary N) is 1. The van der Waals surface area contributed by atoms with E-state index in [-0.39, 0.29) is 30.9 Å². The van der Waals surface area contributed by atoms with Gasteiger partial charge in [-0.05, 0) is 19.1 Å². The molecule has 132 valence electrons. The maximum atomic E-state index is 12.4. The molecule has 1 aliphatic rings. The van der Waals surface area contributed by atoms with Gasteiger partial charge in [0.05, 0.1) is 6.10 Å². The topological polar surface area (TPSA) is 93.4 Å². The Balaban J connectivity index is 1.78. The van der Waals surface area contributed by atoms with E-state index in [2.05, 4.69) is 10.6 Å². The van der Waals surface area contributed by atoms with Crippen LogP contribution in [0.15, 0.2) is 30.3 Å². The summed E-state index contributed by atoms with van der Waals surface area (Å²) in [5.41, 5.74) is 5.65. The Hall–Kier alpha value is -1.92. The van der Waals surface area contributed by atoms with E-state index in [1.165, 1.54) is 0 Å². The molecule has 2 unspecified atom stereocenters. The molecule has 0 aromatic heterocycles. The summed E-state index contributed by atoms with van der Waals surface area (Å²) >= 11 is 0. The summed E-state index contributed by atoms with van der Waals surface area (Å²) in [6.07, 6.45) is 0.682. The summed E-state index contributed by atoms with van der Waals surface area (Å²) in [7, 11) is 0. The smallest absolute Gasteiger partial charge is 0.240 e. The first-order valence-corrected chi connectivity index (χ1v) is 8.35. The zero-order chi connectivity index (χ0) is 17.8. The third kappa shape index (κ3) is 3.60. The van der Waals surface area contributed by atoms with Gasteiger partial charge in [0.1, 0.15) is 5.54 Å². The van der Waals surface area contributed by atoms with Gasteiger partial charge >= 0.3 is 0 Å². The second kappa shape index (κ2) is 7.32. The van der Waals surface area contributed by atoms with Crippen molar-refractivity contribution in [2.24, 2.45) is 11.1 Å². The number of benzene rings is 1. The lowest BCUT2D eigenvalue weighted by Crippen LogP contribution is -2.75. The molecule has 0 aliphatic heterocycles. The summed E-state index contributed by atoms with van der Waals surface area (Å²) in [5.74, 6) is -0.372. The number of nitrogens with one attached hydrogen (secondary N) is 2. The Morgan fingerprint density at radius 3 is 2.54 bits per heavy atom. The van der Waals surface area contributed by atoms with Crippen molar-refractivity contribution in [2.75, 3.05) is 18.5 Å². The van der Waals surface area contributed by atoms with Crippen molar-refractivity contribution in [3.8, 4) is 0 Å². The molecule has 4 N–H and O–H groups in total. The molecular formula is C18H27N3O3. The standard InChI is InChI=1S/C18H27N3O3/c1-4-24-14-12-18(19,17(14,2)3)16(23)20-11-10-15(22)21-13-8-6-5-7-9-13/h5-9,14H,4,10-12,19H2,1-3H3,(H,20,23)(H,21,22). The fraction of sp³-hybridized carbons (Fsp3) is 0.556. The van der Waals surface area contributed by atoms with Gasteiger partial charge in [-0.2, -0.15) is 0 Å². The first kappa shape index (κ1) is 18.4. The molecule has 1 aliphatic carbocycles. The van der Waals surface area contributed by atoms with E-state index in [1.807, 2.05) is 51.1 Å². The Morgan fingerprint density at radius 1 is 1.29 bits per heavy atom. The normalized spacial score (nSPS) is 24.8. The molecule has 0 heterocycles. The molecule has 1 aromatic carbocycles. The predicted octanol–water partition coefficient (Wildman–Crippen LogP) is 1.66. The summed E-state index contributed by atoms with van der Waals surface area (Å²) in [4.78, 5) is 24.3. The largest absolute Gasteiger partial charge is 0.378 e. The second-order valence-corrected chi connectivity index (χ2v) is 6.76. The summed E-state index contributed by atoms with van der Waals surface area (Å²) in [5, 5.41) is 5.56. The molecule has 24 heavy (non-hydrogen) atoms. The molecule has 6 nitrogen and oxygen atoms in total. The molecule has 1 saturated carbocycles. The highest BCUT2D eigenvalue weighted by molar-refractivity contribution is 5.92. The quantitative estimate of drug-likeness (QED) is 0.707. The molecule has 6 heteroatoms. The van der Waals surface area contributed by atoms with E-state index in [0.717, 1.165) is 5.69 Å². The van der Waals surface area contributed by atoms with Crippen molar-refractivity contribution >= 4 is 17.5 Å². The highest BCUT2D eigenvalue weighted by atomic mass is 16.5. The lowest BCUT2D eigenvalue weighted by molar-refractivity contribution is -0.170. The van der Waals surface area contributed by atoms with Crippen LogP contribution >= 0.6 is 0 Å². The number of anilines is 1. The molecule has 0 saturated heterocycles. The van der Waals surface area contributed by atoms with Crippen LogP contribution < -0.4 is 16.4 Å². The van der Waals surface area contributed by atoms with Gasteiger partial charge in [0.25, 0.3) is 0 Å². The molecule has 0 spiro atoms. The third-order valence-electron chi connectivity index (χ3n) is 4.93. The Kier molecular flexibility index (Phi) is 5.62. The maximum absolute atomic E-state index is 12.4. The van der Waals surface area contributed by atoms with Crippen LogP contribution in [0.3, 0.4) is 0 Å². The first-order valence-electron chi connectivity index (χ1n) is 8.35. The SMILES string of the molecule is CCOC1CC(N)(C(=O)NCCC(=O)Nc2ccccc2)C1(C)C. The molecule has 0 bridgehead atoms. The minimum atomic E-state index is -0.956. The molecule has 2 amide bonds. The minimum absolute atomic E-state index is 0.0142. The molecule has 2 atom stereocenters. The van der Waals surface area contributed by atoms with Crippen LogP contribution in [-0.2, 0) is 14.3 Å². The average Bonchev–Trinajstić information content (AvgIpc) is 2.55. The van der Waals surface area contributed by atoms with Crippen LogP contribution in [-0.4, -0.2) is 36.6 Å². The van der Waals surface area contributed by atoms with Gasteiger partial charge in [-0.15, -0.1) is 0 Å². The number of ether oxygens (including phenoxy) is 1. The fourth-order valence-electron chi connectivity index (χ4n) is 3.01. The highest BCUT2D eigenvalue weighted by Crippen LogP contribution is 2.49. The zero-order valence-corrected chi connectivity index (χ0v) is 14.6. The highest BCUT2D eigenvalue weighted by Gasteiger charge is 2.62. The average molecular weight is 333 g/mol. The molecule has 1 fully saturated rings. The number of rotatable bonds is 7. The Labute approximate surface area is 143 Å². The van der Waals surface area contributed by atoms with Crippen molar-refractivity contribution in [1.82, 2.24) is 5.32 Å². The summed E-state index contributed by atoms with van der Waals surface area (Å²) in [6, 6.07) is 9.21. The van der Waals surface area contributed by atoms with Crippen molar-refractivity contribution < 1.29 is 14.3 Å². The van der Waals surface area contributed by atoms with Gasteiger partial charge in [0.2, 0.25) is 11.8 Å².